The van der Waals surface area contributed by atoms with Gasteiger partial charge < -0.3 is 4.74 Å². The van der Waals surface area contributed by atoms with Crippen molar-refractivity contribution in [1.29, 1.82) is 0 Å². The number of hydrogen-bond acceptors (Lipinski definition) is 4. The lowest BCUT2D eigenvalue weighted by Gasteiger charge is -2.05. The topological polar surface area (TPSA) is 52.8 Å². The van der Waals surface area contributed by atoms with E-state index in [9.17, 15) is 4.39 Å². The Morgan fingerprint density at radius 1 is 1.29 bits per heavy atom. The molecule has 0 aliphatic rings. The van der Waals surface area contributed by atoms with Crippen molar-refractivity contribution < 1.29 is 9.13 Å². The number of tetrazole rings is 1. The van der Waals surface area contributed by atoms with Crippen LogP contribution in [0.4, 0.5) is 4.39 Å². The van der Waals surface area contributed by atoms with Crippen molar-refractivity contribution in [3.8, 4) is 11.4 Å². The summed E-state index contributed by atoms with van der Waals surface area (Å²) in [5.41, 5.74) is 1.33. The maximum Gasteiger partial charge on any atom is 0.204 e. The van der Waals surface area contributed by atoms with Gasteiger partial charge in [0, 0.05) is 12.2 Å². The molecule has 0 N–H and O–H groups in total. The summed E-state index contributed by atoms with van der Waals surface area (Å²) in [7, 11) is 0. The third-order valence-electron chi connectivity index (χ3n) is 3.14. The Morgan fingerprint density at radius 3 is 2.81 bits per heavy atom. The lowest BCUT2D eigenvalue weighted by Crippen LogP contribution is -2.10. The number of aromatic nitrogens is 4. The normalized spacial score (nSPS) is 11.3. The first-order valence-corrected chi connectivity index (χ1v) is 7.18. The fraction of sp³-hybridized carbons (Fsp3) is 0.533. The zero-order chi connectivity index (χ0) is 15.2. The zero-order valence-electron chi connectivity index (χ0n) is 12.7. The fourth-order valence-electron chi connectivity index (χ4n) is 1.80. The molecule has 1 aromatic heterocycles. The molecule has 0 bridgehead atoms. The highest BCUT2D eigenvalue weighted by Crippen LogP contribution is 2.17. The Balaban J connectivity index is 1.87. The Morgan fingerprint density at radius 2 is 2.10 bits per heavy atom. The number of ether oxygens (including phenoxy) is 1. The minimum absolute atomic E-state index is 0.232. The SMILES string of the molecule is Cc1cc(-c2nnn(CCOCCC(C)C)n2)ccc1F. The average molecular weight is 292 g/mol. The molecule has 0 saturated heterocycles. The van der Waals surface area contributed by atoms with Gasteiger partial charge in [-0.05, 0) is 48.2 Å². The van der Waals surface area contributed by atoms with E-state index in [-0.39, 0.29) is 5.82 Å². The van der Waals surface area contributed by atoms with E-state index in [0.717, 1.165) is 18.6 Å². The highest BCUT2D eigenvalue weighted by atomic mass is 19.1. The van der Waals surface area contributed by atoms with E-state index in [1.165, 1.54) is 10.9 Å². The van der Waals surface area contributed by atoms with Gasteiger partial charge >= 0.3 is 0 Å². The van der Waals surface area contributed by atoms with Crippen molar-refractivity contribution in [2.75, 3.05) is 13.2 Å². The predicted molar refractivity (Wildman–Crippen MR) is 78.2 cm³/mol. The molecule has 0 amide bonds. The van der Waals surface area contributed by atoms with Gasteiger partial charge in [0.25, 0.3) is 0 Å². The van der Waals surface area contributed by atoms with Gasteiger partial charge in [0.15, 0.2) is 0 Å². The number of halogens is 1. The van der Waals surface area contributed by atoms with Gasteiger partial charge in [-0.3, -0.25) is 0 Å². The molecule has 5 nitrogen and oxygen atoms in total. The summed E-state index contributed by atoms with van der Waals surface area (Å²) < 4.78 is 18.8. The van der Waals surface area contributed by atoms with Crippen LogP contribution in [0.25, 0.3) is 11.4 Å². The molecule has 6 heteroatoms. The van der Waals surface area contributed by atoms with Gasteiger partial charge in [-0.2, -0.15) is 4.80 Å². The van der Waals surface area contributed by atoms with Crippen molar-refractivity contribution in [3.63, 3.8) is 0 Å². The summed E-state index contributed by atoms with van der Waals surface area (Å²) in [6.45, 7) is 7.91. The number of aryl methyl sites for hydroxylation is 1. The smallest absolute Gasteiger partial charge is 0.204 e. The Labute approximate surface area is 124 Å². The molecule has 0 radical (unpaired) electrons. The fourth-order valence-corrected chi connectivity index (χ4v) is 1.80. The molecule has 0 fully saturated rings. The molecule has 1 aromatic carbocycles. The first kappa shape index (κ1) is 15.6. The third kappa shape index (κ3) is 4.60. The molecule has 21 heavy (non-hydrogen) atoms. The Kier molecular flexibility index (Phi) is 5.38. The summed E-state index contributed by atoms with van der Waals surface area (Å²) in [5, 5.41) is 12.2. The largest absolute Gasteiger partial charge is 0.379 e. The van der Waals surface area contributed by atoms with Crippen LogP contribution in [-0.2, 0) is 11.3 Å². The van der Waals surface area contributed by atoms with Crippen LogP contribution in [0.2, 0.25) is 0 Å². The van der Waals surface area contributed by atoms with Gasteiger partial charge in [0.2, 0.25) is 5.82 Å². The zero-order valence-corrected chi connectivity index (χ0v) is 12.7. The molecule has 0 aliphatic carbocycles. The quantitative estimate of drug-likeness (QED) is 0.736. The van der Waals surface area contributed by atoms with Gasteiger partial charge in [0.05, 0.1) is 13.2 Å². The van der Waals surface area contributed by atoms with Crippen molar-refractivity contribution in [3.05, 3.63) is 29.6 Å². The van der Waals surface area contributed by atoms with Crippen LogP contribution in [0.3, 0.4) is 0 Å². The highest BCUT2D eigenvalue weighted by molar-refractivity contribution is 5.54. The maximum absolute atomic E-state index is 13.2. The summed E-state index contributed by atoms with van der Waals surface area (Å²) in [6.07, 6.45) is 1.05. The second kappa shape index (κ2) is 7.26. The predicted octanol–water partition coefficient (Wildman–Crippen LogP) is 2.85. The first-order valence-electron chi connectivity index (χ1n) is 7.18. The standard InChI is InChI=1S/C15H21FN4O/c1-11(2)6-8-21-9-7-20-18-15(17-19-20)13-4-5-14(16)12(3)10-13/h4-5,10-11H,6-9H2,1-3H3. The number of nitrogens with zero attached hydrogens (tertiary/aromatic N) is 4. The minimum Gasteiger partial charge on any atom is -0.379 e. The molecule has 0 unspecified atom stereocenters. The van der Waals surface area contributed by atoms with Crippen LogP contribution in [0, 0.1) is 18.7 Å². The number of benzene rings is 1. The molecule has 0 spiro atoms. The van der Waals surface area contributed by atoms with Crippen molar-refractivity contribution >= 4 is 0 Å². The number of hydrogen-bond donors (Lipinski definition) is 0. The molecule has 2 aromatic rings. The molecule has 0 atom stereocenters. The van der Waals surface area contributed by atoms with Crippen LogP contribution >= 0.6 is 0 Å². The van der Waals surface area contributed by atoms with Crippen molar-refractivity contribution in [2.24, 2.45) is 5.92 Å². The van der Waals surface area contributed by atoms with E-state index in [0.29, 0.717) is 30.5 Å². The minimum atomic E-state index is -0.232. The van der Waals surface area contributed by atoms with E-state index in [1.54, 1.807) is 19.1 Å². The molecule has 0 aliphatic heterocycles. The monoisotopic (exact) mass is 292 g/mol. The summed E-state index contributed by atoms with van der Waals surface area (Å²) in [4.78, 5) is 1.50. The third-order valence-corrected chi connectivity index (χ3v) is 3.14. The number of rotatable bonds is 7. The van der Waals surface area contributed by atoms with Crippen LogP contribution in [-0.4, -0.2) is 33.4 Å². The average Bonchev–Trinajstić information content (AvgIpc) is 2.90. The maximum atomic E-state index is 13.2. The van der Waals surface area contributed by atoms with Gasteiger partial charge in [-0.15, -0.1) is 10.2 Å². The van der Waals surface area contributed by atoms with Crippen LogP contribution in [0.15, 0.2) is 18.2 Å². The van der Waals surface area contributed by atoms with E-state index in [2.05, 4.69) is 29.3 Å². The van der Waals surface area contributed by atoms with Gasteiger partial charge in [-0.1, -0.05) is 13.8 Å². The van der Waals surface area contributed by atoms with Crippen molar-refractivity contribution in [1.82, 2.24) is 20.2 Å². The van der Waals surface area contributed by atoms with Crippen LogP contribution in [0.1, 0.15) is 25.8 Å². The van der Waals surface area contributed by atoms with E-state index >= 15 is 0 Å². The molecule has 114 valence electrons. The van der Waals surface area contributed by atoms with E-state index in [1.807, 2.05) is 0 Å². The summed E-state index contributed by atoms with van der Waals surface area (Å²) >= 11 is 0. The Bertz CT molecular complexity index is 583. The van der Waals surface area contributed by atoms with Crippen LogP contribution < -0.4 is 0 Å². The van der Waals surface area contributed by atoms with E-state index < -0.39 is 0 Å². The van der Waals surface area contributed by atoms with Gasteiger partial charge in [-0.25, -0.2) is 4.39 Å². The molecule has 2 rings (SSSR count). The Hall–Kier alpha value is -1.82. The highest BCUT2D eigenvalue weighted by Gasteiger charge is 2.07. The van der Waals surface area contributed by atoms with Crippen LogP contribution in [0.5, 0.6) is 0 Å². The lowest BCUT2D eigenvalue weighted by molar-refractivity contribution is 0.111. The van der Waals surface area contributed by atoms with E-state index in [4.69, 9.17) is 4.74 Å². The summed E-state index contributed by atoms with van der Waals surface area (Å²) in [5.74, 6) is 0.910. The second-order valence-electron chi connectivity index (χ2n) is 5.47. The van der Waals surface area contributed by atoms with Crippen molar-refractivity contribution in [2.45, 2.75) is 33.7 Å². The summed E-state index contributed by atoms with van der Waals surface area (Å²) in [6, 6.07) is 4.79. The first-order chi connectivity index (χ1) is 10.1. The molecule has 1 heterocycles. The molecular weight excluding hydrogens is 271 g/mol. The molecular formula is C15H21FN4O. The lowest BCUT2D eigenvalue weighted by atomic mass is 10.1. The second-order valence-corrected chi connectivity index (χ2v) is 5.47. The van der Waals surface area contributed by atoms with Gasteiger partial charge in [0.1, 0.15) is 5.82 Å². The molecule has 0 saturated carbocycles.